The summed E-state index contributed by atoms with van der Waals surface area (Å²) in [5.74, 6) is -0.540. The number of hydrogen-bond donors (Lipinski definition) is 3. The van der Waals surface area contributed by atoms with E-state index < -0.39 is 17.1 Å². The minimum Gasteiger partial charge on any atom is -0.495 e. The van der Waals surface area contributed by atoms with Crippen LogP contribution in [0.2, 0.25) is 15.1 Å². The van der Waals surface area contributed by atoms with E-state index in [0.717, 1.165) is 10.5 Å². The summed E-state index contributed by atoms with van der Waals surface area (Å²) >= 11 is 20.1. The van der Waals surface area contributed by atoms with Crippen LogP contribution >= 0.6 is 46.6 Å². The molecule has 1 atom stereocenters. The SMILES string of the molecule is COc1cc(OC)c(NC(=O)C(Sc2ccc(NC(=O)/C(=C/c3ccc(Cl)cc3Cl)NC(=O)c3ccccc3)cc2)c2ccccc2)cc1Cl. The van der Waals surface area contributed by atoms with Crippen LogP contribution < -0.4 is 25.4 Å². The summed E-state index contributed by atoms with van der Waals surface area (Å²) in [7, 11) is 2.99. The maximum atomic E-state index is 13.7. The van der Waals surface area contributed by atoms with E-state index in [9.17, 15) is 14.4 Å². The summed E-state index contributed by atoms with van der Waals surface area (Å²) in [6.07, 6.45) is 1.48. The Morgan fingerprint density at radius 2 is 1.38 bits per heavy atom. The molecule has 5 aromatic carbocycles. The van der Waals surface area contributed by atoms with Crippen LogP contribution in [0.1, 0.15) is 26.7 Å². The maximum Gasteiger partial charge on any atom is 0.272 e. The second-order valence-electron chi connectivity index (χ2n) is 10.6. The van der Waals surface area contributed by atoms with Crippen molar-refractivity contribution in [3.8, 4) is 11.5 Å². The van der Waals surface area contributed by atoms with Crippen molar-refractivity contribution in [1.29, 1.82) is 0 Å². The molecule has 3 amide bonds. The maximum absolute atomic E-state index is 13.7. The van der Waals surface area contributed by atoms with Gasteiger partial charge in [-0.25, -0.2) is 0 Å². The number of methoxy groups -OCH3 is 2. The number of carbonyl (C=O) groups excluding carboxylic acids is 3. The molecule has 50 heavy (non-hydrogen) atoms. The van der Waals surface area contributed by atoms with Crippen molar-refractivity contribution in [2.75, 3.05) is 24.9 Å². The summed E-state index contributed by atoms with van der Waals surface area (Å²) in [4.78, 5) is 41.1. The third-order valence-corrected chi connectivity index (χ3v) is 9.35. The summed E-state index contributed by atoms with van der Waals surface area (Å²) in [6.45, 7) is 0. The van der Waals surface area contributed by atoms with Gasteiger partial charge in [0.2, 0.25) is 5.91 Å². The van der Waals surface area contributed by atoms with E-state index in [1.54, 1.807) is 84.9 Å². The normalized spacial score (nSPS) is 11.7. The Kier molecular flexibility index (Phi) is 12.5. The van der Waals surface area contributed by atoms with E-state index in [0.29, 0.717) is 49.1 Å². The van der Waals surface area contributed by atoms with E-state index in [1.165, 1.54) is 32.1 Å². The number of amides is 3. The molecular weight excluding hydrogens is 717 g/mol. The van der Waals surface area contributed by atoms with Gasteiger partial charge in [-0.15, -0.1) is 11.8 Å². The molecular formula is C38H30Cl3N3O5S. The molecule has 0 aliphatic heterocycles. The summed E-state index contributed by atoms with van der Waals surface area (Å²) in [5.41, 5.74) is 2.46. The molecule has 8 nitrogen and oxygen atoms in total. The van der Waals surface area contributed by atoms with Crippen LogP contribution in [-0.2, 0) is 9.59 Å². The van der Waals surface area contributed by atoms with Crippen LogP contribution in [0, 0.1) is 0 Å². The number of ether oxygens (including phenoxy) is 2. The molecule has 0 bridgehead atoms. The fraction of sp³-hybridized carbons (Fsp3) is 0.0789. The topological polar surface area (TPSA) is 106 Å². The highest BCUT2D eigenvalue weighted by molar-refractivity contribution is 8.00. The van der Waals surface area contributed by atoms with Crippen LogP contribution in [0.15, 0.2) is 126 Å². The van der Waals surface area contributed by atoms with Crippen LogP contribution in [0.25, 0.3) is 6.08 Å². The van der Waals surface area contributed by atoms with Crippen molar-refractivity contribution in [1.82, 2.24) is 5.32 Å². The van der Waals surface area contributed by atoms with Gasteiger partial charge < -0.3 is 25.4 Å². The van der Waals surface area contributed by atoms with Gasteiger partial charge in [0, 0.05) is 32.3 Å². The minimum absolute atomic E-state index is 0.0311. The Balaban J connectivity index is 1.35. The molecule has 5 aromatic rings. The molecule has 0 fully saturated rings. The van der Waals surface area contributed by atoms with Crippen molar-refractivity contribution < 1.29 is 23.9 Å². The zero-order valence-electron chi connectivity index (χ0n) is 26.7. The van der Waals surface area contributed by atoms with Gasteiger partial charge in [-0.1, -0.05) is 89.4 Å². The Bertz CT molecular complexity index is 2030. The number of hydrogen-bond acceptors (Lipinski definition) is 6. The molecule has 0 radical (unpaired) electrons. The standard InChI is InChI=1S/C38H30Cl3N3O5S/c1-48-33-22-34(49-2)31(21-30(33)41)43-38(47)35(23-9-5-3-6-10-23)50-28-17-15-27(16-18-28)42-37(46)32(19-25-13-14-26(39)20-29(25)40)44-36(45)24-11-7-4-8-12-24/h3-22,35H,1-2H3,(H,42,46)(H,43,47)(H,44,45)/b32-19-. The molecule has 0 saturated carbocycles. The molecule has 12 heteroatoms. The predicted octanol–water partition coefficient (Wildman–Crippen LogP) is 9.55. The summed E-state index contributed by atoms with van der Waals surface area (Å²) in [6, 6.07) is 32.9. The molecule has 0 spiro atoms. The fourth-order valence-electron chi connectivity index (χ4n) is 4.72. The molecule has 0 heterocycles. The Morgan fingerprint density at radius 3 is 2.02 bits per heavy atom. The van der Waals surface area contributed by atoms with Crippen molar-refractivity contribution >= 4 is 81.7 Å². The average Bonchev–Trinajstić information content (AvgIpc) is 3.12. The van der Waals surface area contributed by atoms with Gasteiger partial charge in [0.25, 0.3) is 11.8 Å². The zero-order chi connectivity index (χ0) is 35.6. The first kappa shape index (κ1) is 36.4. The van der Waals surface area contributed by atoms with Gasteiger partial charge in [0.05, 0.1) is 24.9 Å². The summed E-state index contributed by atoms with van der Waals surface area (Å²) < 4.78 is 10.7. The van der Waals surface area contributed by atoms with E-state index >= 15 is 0 Å². The first-order chi connectivity index (χ1) is 24.1. The van der Waals surface area contributed by atoms with Gasteiger partial charge >= 0.3 is 0 Å². The molecule has 254 valence electrons. The minimum atomic E-state index is -0.658. The molecule has 0 aromatic heterocycles. The number of anilines is 2. The van der Waals surface area contributed by atoms with Crippen LogP contribution in [0.3, 0.4) is 0 Å². The van der Waals surface area contributed by atoms with Gasteiger partial charge in [-0.3, -0.25) is 14.4 Å². The quantitative estimate of drug-likeness (QED) is 0.0868. The number of halogens is 3. The Hall–Kier alpha value is -4.93. The van der Waals surface area contributed by atoms with Crippen molar-refractivity contribution in [2.45, 2.75) is 10.1 Å². The average molecular weight is 747 g/mol. The lowest BCUT2D eigenvalue weighted by Crippen LogP contribution is -2.30. The molecule has 5 rings (SSSR count). The second kappa shape index (κ2) is 17.1. The smallest absolute Gasteiger partial charge is 0.272 e. The molecule has 1 unspecified atom stereocenters. The molecule has 3 N–H and O–H groups in total. The van der Waals surface area contributed by atoms with Gasteiger partial charge in [0.1, 0.15) is 22.4 Å². The van der Waals surface area contributed by atoms with Crippen molar-refractivity contribution in [3.05, 3.63) is 153 Å². The molecule has 0 saturated heterocycles. The monoisotopic (exact) mass is 745 g/mol. The predicted molar refractivity (Wildman–Crippen MR) is 202 cm³/mol. The number of carbonyl (C=O) groups is 3. The lowest BCUT2D eigenvalue weighted by Gasteiger charge is -2.19. The van der Waals surface area contributed by atoms with E-state index in [4.69, 9.17) is 44.3 Å². The highest BCUT2D eigenvalue weighted by Gasteiger charge is 2.24. The van der Waals surface area contributed by atoms with Crippen molar-refractivity contribution in [3.63, 3.8) is 0 Å². The largest absolute Gasteiger partial charge is 0.495 e. The summed E-state index contributed by atoms with van der Waals surface area (Å²) in [5, 5.41) is 8.86. The van der Waals surface area contributed by atoms with Crippen LogP contribution in [0.5, 0.6) is 11.5 Å². The highest BCUT2D eigenvalue weighted by Crippen LogP contribution is 2.40. The van der Waals surface area contributed by atoms with Crippen molar-refractivity contribution in [2.24, 2.45) is 0 Å². The lowest BCUT2D eigenvalue weighted by molar-refractivity contribution is -0.116. The van der Waals surface area contributed by atoms with E-state index in [2.05, 4.69) is 16.0 Å². The zero-order valence-corrected chi connectivity index (χ0v) is 29.8. The van der Waals surface area contributed by atoms with Gasteiger partial charge in [-0.2, -0.15) is 0 Å². The molecule has 0 aliphatic rings. The number of nitrogens with one attached hydrogen (secondary N) is 3. The number of rotatable bonds is 12. The van der Waals surface area contributed by atoms with Gasteiger partial charge in [0.15, 0.2) is 0 Å². The third-order valence-electron chi connectivity index (χ3n) is 7.23. The first-order valence-electron chi connectivity index (χ1n) is 15.0. The van der Waals surface area contributed by atoms with Crippen LogP contribution in [0.4, 0.5) is 11.4 Å². The highest BCUT2D eigenvalue weighted by atomic mass is 35.5. The van der Waals surface area contributed by atoms with E-state index in [-0.39, 0.29) is 11.6 Å². The second-order valence-corrected chi connectivity index (χ2v) is 13.0. The first-order valence-corrected chi connectivity index (χ1v) is 17.0. The molecule has 0 aliphatic carbocycles. The van der Waals surface area contributed by atoms with Crippen LogP contribution in [-0.4, -0.2) is 31.9 Å². The Morgan fingerprint density at radius 1 is 0.720 bits per heavy atom. The van der Waals surface area contributed by atoms with E-state index in [1.807, 2.05) is 30.3 Å². The Labute approximate surface area is 308 Å². The van der Waals surface area contributed by atoms with Gasteiger partial charge in [-0.05, 0) is 71.8 Å². The number of benzene rings is 5. The number of thioether (sulfide) groups is 1. The fourth-order valence-corrected chi connectivity index (χ4v) is 6.45. The lowest BCUT2D eigenvalue weighted by atomic mass is 10.1. The third kappa shape index (κ3) is 9.40.